The van der Waals surface area contributed by atoms with Gasteiger partial charge in [0.1, 0.15) is 0 Å². The molecule has 1 aromatic carbocycles. The van der Waals surface area contributed by atoms with Crippen LogP contribution in [0.15, 0.2) is 66.4 Å². The number of nitrogens with one attached hydrogen (secondary N) is 1. The van der Waals surface area contributed by atoms with E-state index in [9.17, 15) is 0 Å². The Balaban J connectivity index is 1.35. The third-order valence-corrected chi connectivity index (χ3v) is 5.66. The van der Waals surface area contributed by atoms with Crippen LogP contribution in [0.1, 0.15) is 30.5 Å². The van der Waals surface area contributed by atoms with Gasteiger partial charge in [0.15, 0.2) is 5.96 Å². The van der Waals surface area contributed by atoms with Gasteiger partial charge in [-0.15, -0.1) is 0 Å². The first-order chi connectivity index (χ1) is 14.2. The zero-order chi connectivity index (χ0) is 20.1. The highest BCUT2D eigenvalue weighted by molar-refractivity contribution is 5.80. The van der Waals surface area contributed by atoms with E-state index in [1.54, 1.807) is 0 Å². The van der Waals surface area contributed by atoms with Crippen molar-refractivity contribution in [2.24, 2.45) is 10.9 Å². The van der Waals surface area contributed by atoms with Crippen LogP contribution in [0.5, 0.6) is 0 Å². The summed E-state index contributed by atoms with van der Waals surface area (Å²) < 4.78 is 4.20. The molecule has 2 unspecified atom stereocenters. The Hall–Kier alpha value is -3.09. The highest BCUT2D eigenvalue weighted by Gasteiger charge is 2.28. The maximum atomic E-state index is 4.52. The van der Waals surface area contributed by atoms with E-state index in [0.29, 0.717) is 18.5 Å². The number of nitrogens with zero attached hydrogens (tertiary/aromatic N) is 6. The molecule has 1 aliphatic heterocycles. The Morgan fingerprint density at radius 3 is 2.86 bits per heavy atom. The minimum atomic E-state index is 0.415. The second-order valence-corrected chi connectivity index (χ2v) is 7.72. The molecule has 1 fully saturated rings. The van der Waals surface area contributed by atoms with E-state index in [1.807, 2.05) is 36.5 Å². The lowest BCUT2D eigenvalue weighted by Crippen LogP contribution is -2.48. The van der Waals surface area contributed by atoms with E-state index < -0.39 is 0 Å². The molecular weight excluding hydrogens is 362 g/mol. The normalized spacial score (nSPS) is 20.1. The first-order valence-electron chi connectivity index (χ1n) is 10.2. The topological polar surface area (TPSA) is 63.3 Å². The summed E-state index contributed by atoms with van der Waals surface area (Å²) in [5.41, 5.74) is 2.40. The fourth-order valence-corrected chi connectivity index (χ4v) is 3.96. The highest BCUT2D eigenvalue weighted by atomic mass is 15.3. The van der Waals surface area contributed by atoms with Gasteiger partial charge in [-0.3, -0.25) is 9.67 Å². The van der Waals surface area contributed by atoms with Crippen molar-refractivity contribution in [3.05, 3.63) is 72.6 Å². The van der Waals surface area contributed by atoms with Crippen molar-refractivity contribution in [2.45, 2.75) is 32.5 Å². The first-order valence-corrected chi connectivity index (χ1v) is 10.2. The molecule has 3 heterocycles. The van der Waals surface area contributed by atoms with E-state index in [4.69, 9.17) is 0 Å². The molecule has 1 N–H and O–H groups in total. The Bertz CT molecular complexity index is 914. The summed E-state index contributed by atoms with van der Waals surface area (Å²) in [5.74, 6) is 1.56. The van der Waals surface area contributed by atoms with Crippen LogP contribution in [0, 0.1) is 5.92 Å². The van der Waals surface area contributed by atoms with Crippen molar-refractivity contribution in [1.82, 2.24) is 29.5 Å². The van der Waals surface area contributed by atoms with Crippen LogP contribution >= 0.6 is 0 Å². The summed E-state index contributed by atoms with van der Waals surface area (Å²) in [7, 11) is 1.85. The minimum Gasteiger partial charge on any atom is -0.352 e. The number of aliphatic imine (C=N–C) groups is 1. The SMILES string of the molecule is CN=C(NCc1cnn(Cc2ccccc2)c1)N1CCC(C)C(n2ccnc2)C1. The number of aromatic nitrogens is 4. The van der Waals surface area contributed by atoms with Crippen LogP contribution in [-0.4, -0.2) is 50.3 Å². The van der Waals surface area contributed by atoms with Crippen LogP contribution in [0.3, 0.4) is 0 Å². The van der Waals surface area contributed by atoms with Crippen molar-refractivity contribution in [1.29, 1.82) is 0 Å². The van der Waals surface area contributed by atoms with Crippen molar-refractivity contribution in [3.8, 4) is 0 Å². The molecule has 29 heavy (non-hydrogen) atoms. The van der Waals surface area contributed by atoms with E-state index in [1.165, 1.54) is 5.56 Å². The third kappa shape index (κ3) is 4.67. The quantitative estimate of drug-likeness (QED) is 0.537. The van der Waals surface area contributed by atoms with Gasteiger partial charge in [-0.05, 0) is 17.9 Å². The molecule has 3 aromatic rings. The molecule has 0 amide bonds. The van der Waals surface area contributed by atoms with Crippen molar-refractivity contribution < 1.29 is 0 Å². The molecule has 0 saturated carbocycles. The zero-order valence-corrected chi connectivity index (χ0v) is 17.1. The summed E-state index contributed by atoms with van der Waals surface area (Å²) in [5, 5.41) is 8.01. The molecule has 1 aliphatic rings. The number of hydrogen-bond donors (Lipinski definition) is 1. The molecule has 4 rings (SSSR count). The smallest absolute Gasteiger partial charge is 0.193 e. The van der Waals surface area contributed by atoms with E-state index in [2.05, 4.69) is 73.4 Å². The number of piperidine rings is 1. The van der Waals surface area contributed by atoms with Crippen LogP contribution < -0.4 is 5.32 Å². The van der Waals surface area contributed by atoms with Crippen molar-refractivity contribution >= 4 is 5.96 Å². The monoisotopic (exact) mass is 391 g/mol. The summed E-state index contributed by atoms with van der Waals surface area (Å²) in [6.07, 6.45) is 11.0. The van der Waals surface area contributed by atoms with Crippen molar-refractivity contribution in [3.63, 3.8) is 0 Å². The van der Waals surface area contributed by atoms with Gasteiger partial charge in [0.25, 0.3) is 0 Å². The zero-order valence-electron chi connectivity index (χ0n) is 17.1. The molecular formula is C22H29N7. The maximum absolute atomic E-state index is 4.52. The third-order valence-electron chi connectivity index (χ3n) is 5.66. The second-order valence-electron chi connectivity index (χ2n) is 7.72. The van der Waals surface area contributed by atoms with E-state index in [-0.39, 0.29) is 0 Å². The van der Waals surface area contributed by atoms with Gasteiger partial charge < -0.3 is 14.8 Å². The predicted molar refractivity (Wildman–Crippen MR) is 115 cm³/mol. The average molecular weight is 392 g/mol. The Morgan fingerprint density at radius 2 is 2.10 bits per heavy atom. The Kier molecular flexibility index (Phi) is 5.93. The number of hydrogen-bond acceptors (Lipinski definition) is 3. The van der Waals surface area contributed by atoms with Crippen molar-refractivity contribution in [2.75, 3.05) is 20.1 Å². The van der Waals surface area contributed by atoms with Crippen LogP contribution in [0.25, 0.3) is 0 Å². The molecule has 0 bridgehead atoms. The lowest BCUT2D eigenvalue weighted by Gasteiger charge is -2.39. The number of rotatable bonds is 5. The fraction of sp³-hybridized carbons (Fsp3) is 0.409. The second kappa shape index (κ2) is 8.94. The van der Waals surface area contributed by atoms with Gasteiger partial charge in [-0.1, -0.05) is 37.3 Å². The largest absolute Gasteiger partial charge is 0.352 e. The molecule has 7 heteroatoms. The number of imidazole rings is 1. The summed E-state index contributed by atoms with van der Waals surface area (Å²) in [6, 6.07) is 10.8. The molecule has 7 nitrogen and oxygen atoms in total. The standard InChI is InChI=1S/C22H29N7/c1-18-8-10-27(16-21(18)28-11-9-24-17-28)22(23-2)25-12-20-13-26-29(15-20)14-19-6-4-3-5-7-19/h3-7,9,11,13,15,17-18,21H,8,10,12,14,16H2,1-2H3,(H,23,25). The number of benzene rings is 1. The Morgan fingerprint density at radius 1 is 1.24 bits per heavy atom. The molecule has 0 spiro atoms. The van der Waals surface area contributed by atoms with E-state index >= 15 is 0 Å². The summed E-state index contributed by atoms with van der Waals surface area (Å²) in [6.45, 7) is 5.76. The minimum absolute atomic E-state index is 0.415. The Labute approximate surface area is 172 Å². The highest BCUT2D eigenvalue weighted by Crippen LogP contribution is 2.27. The van der Waals surface area contributed by atoms with Crippen LogP contribution in [-0.2, 0) is 13.1 Å². The van der Waals surface area contributed by atoms with Crippen LogP contribution in [0.4, 0.5) is 0 Å². The van der Waals surface area contributed by atoms with Crippen LogP contribution in [0.2, 0.25) is 0 Å². The van der Waals surface area contributed by atoms with Gasteiger partial charge in [-0.2, -0.15) is 5.10 Å². The maximum Gasteiger partial charge on any atom is 0.193 e. The summed E-state index contributed by atoms with van der Waals surface area (Å²) >= 11 is 0. The van der Waals surface area contributed by atoms with Gasteiger partial charge in [-0.25, -0.2) is 4.98 Å². The average Bonchev–Trinajstić information content (AvgIpc) is 3.43. The molecule has 2 atom stereocenters. The number of likely N-dealkylation sites (tertiary alicyclic amines) is 1. The molecule has 2 aromatic heterocycles. The van der Waals surface area contributed by atoms with Gasteiger partial charge >= 0.3 is 0 Å². The van der Waals surface area contributed by atoms with Gasteiger partial charge in [0.05, 0.1) is 25.1 Å². The molecule has 152 valence electrons. The lowest BCUT2D eigenvalue weighted by atomic mass is 9.93. The fourth-order valence-electron chi connectivity index (χ4n) is 3.96. The predicted octanol–water partition coefficient (Wildman–Crippen LogP) is 2.79. The number of guanidine groups is 1. The molecule has 1 saturated heterocycles. The molecule has 0 aliphatic carbocycles. The lowest BCUT2D eigenvalue weighted by molar-refractivity contribution is 0.189. The van der Waals surface area contributed by atoms with E-state index in [0.717, 1.165) is 37.6 Å². The molecule has 0 radical (unpaired) electrons. The van der Waals surface area contributed by atoms with Gasteiger partial charge in [0.2, 0.25) is 0 Å². The first kappa shape index (κ1) is 19.2. The van der Waals surface area contributed by atoms with Gasteiger partial charge in [0, 0.05) is 50.8 Å². The summed E-state index contributed by atoms with van der Waals surface area (Å²) in [4.78, 5) is 11.1.